The summed E-state index contributed by atoms with van der Waals surface area (Å²) in [6, 6.07) is 5.14. The van der Waals surface area contributed by atoms with E-state index < -0.39 is 41.2 Å². The first-order valence-electron chi connectivity index (χ1n) is 11.0. The molecular weight excluding hydrogens is 448 g/mol. The van der Waals surface area contributed by atoms with Crippen LogP contribution in [-0.2, 0) is 11.3 Å². The van der Waals surface area contributed by atoms with Crippen LogP contribution in [0.5, 0.6) is 5.75 Å². The Labute approximate surface area is 201 Å². The van der Waals surface area contributed by atoms with Crippen molar-refractivity contribution in [2.45, 2.75) is 37.3 Å². The Bertz CT molecular complexity index is 1430. The van der Waals surface area contributed by atoms with Crippen LogP contribution in [0.1, 0.15) is 56.0 Å². The van der Waals surface area contributed by atoms with Gasteiger partial charge >= 0.3 is 0 Å². The molecule has 1 saturated heterocycles. The SMILES string of the molecule is C[C@@H](O)[C@]1([C@@H]2C#C/C=C\C#C[C@H](O)c3cc(O)c4c(c3N2)C(=O)c2ccc(CN)cc2C4=O)CO1. The Morgan fingerprint density at radius 1 is 1.14 bits per heavy atom. The number of epoxide rings is 1. The number of rotatable bonds is 3. The average molecular weight is 470 g/mol. The van der Waals surface area contributed by atoms with E-state index in [1.54, 1.807) is 19.1 Å². The molecule has 2 aliphatic heterocycles. The van der Waals surface area contributed by atoms with Gasteiger partial charge in [-0.1, -0.05) is 29.7 Å². The fourth-order valence-electron chi connectivity index (χ4n) is 4.47. The number of fused-ring (bicyclic) bond motifs is 4. The van der Waals surface area contributed by atoms with Crippen LogP contribution in [0.25, 0.3) is 0 Å². The quantitative estimate of drug-likeness (QED) is 0.218. The van der Waals surface area contributed by atoms with Crippen LogP contribution < -0.4 is 11.1 Å². The van der Waals surface area contributed by atoms with E-state index in [1.165, 1.54) is 24.3 Å². The molecule has 4 atom stereocenters. The number of nitrogens with two attached hydrogens (primary N) is 1. The van der Waals surface area contributed by atoms with Gasteiger partial charge in [0.2, 0.25) is 0 Å². The van der Waals surface area contributed by atoms with Gasteiger partial charge in [0.15, 0.2) is 11.6 Å². The molecule has 1 aliphatic carbocycles. The highest BCUT2D eigenvalue weighted by Gasteiger charge is 2.56. The lowest BCUT2D eigenvalue weighted by Gasteiger charge is -2.29. The van der Waals surface area contributed by atoms with E-state index in [9.17, 15) is 24.9 Å². The number of hydrogen-bond donors (Lipinski definition) is 5. The summed E-state index contributed by atoms with van der Waals surface area (Å²) in [4.78, 5) is 27.2. The van der Waals surface area contributed by atoms with E-state index in [4.69, 9.17) is 10.5 Å². The van der Waals surface area contributed by atoms with Gasteiger partial charge in [-0.15, -0.1) is 0 Å². The second-order valence-electron chi connectivity index (χ2n) is 8.66. The van der Waals surface area contributed by atoms with Crippen molar-refractivity contribution in [2.24, 2.45) is 5.73 Å². The van der Waals surface area contributed by atoms with Crippen molar-refractivity contribution < 1.29 is 29.6 Å². The third kappa shape index (κ3) is 3.61. The number of carbonyl (C=O) groups excluding carboxylic acids is 2. The van der Waals surface area contributed by atoms with Crippen molar-refractivity contribution in [2.75, 3.05) is 11.9 Å². The summed E-state index contributed by atoms with van der Waals surface area (Å²) in [5, 5.41) is 35.2. The molecule has 0 amide bonds. The van der Waals surface area contributed by atoms with E-state index in [2.05, 4.69) is 29.0 Å². The fourth-order valence-corrected chi connectivity index (χ4v) is 4.47. The molecule has 8 nitrogen and oxygen atoms in total. The Hall–Kier alpha value is -3.92. The fraction of sp³-hybridized carbons (Fsp3) is 0.259. The van der Waals surface area contributed by atoms with Gasteiger partial charge in [0.1, 0.15) is 23.5 Å². The van der Waals surface area contributed by atoms with Crippen LogP contribution in [0.2, 0.25) is 0 Å². The van der Waals surface area contributed by atoms with Gasteiger partial charge in [0.05, 0.1) is 29.5 Å². The van der Waals surface area contributed by atoms with Crippen LogP contribution in [0.3, 0.4) is 0 Å². The Kier molecular flexibility index (Phi) is 5.47. The van der Waals surface area contributed by atoms with Crippen molar-refractivity contribution in [3.05, 3.63) is 69.8 Å². The zero-order valence-electron chi connectivity index (χ0n) is 18.8. The molecule has 0 radical (unpaired) electrons. The van der Waals surface area contributed by atoms with Crippen LogP contribution in [0.4, 0.5) is 5.69 Å². The summed E-state index contributed by atoms with van der Waals surface area (Å²) in [6.45, 7) is 1.97. The number of anilines is 1. The molecule has 0 spiro atoms. The topological polar surface area (TPSA) is 145 Å². The molecule has 0 saturated carbocycles. The van der Waals surface area contributed by atoms with Gasteiger partial charge in [-0.05, 0) is 42.8 Å². The summed E-state index contributed by atoms with van der Waals surface area (Å²) < 4.78 is 5.59. The molecule has 6 N–H and O–H groups in total. The average Bonchev–Trinajstić information content (AvgIpc) is 3.65. The summed E-state index contributed by atoms with van der Waals surface area (Å²) in [5.41, 5.74) is 5.52. The number of allylic oxidation sites excluding steroid dienone is 2. The molecule has 3 aliphatic rings. The van der Waals surface area contributed by atoms with E-state index in [0.29, 0.717) is 5.56 Å². The standard InChI is InChI=1S/C27H22N2O6/c1-14(30)27(13-35-27)21-7-5-3-2-4-6-19(31)18-11-20(32)22-23(24(18)29-21)25(33)16-9-8-15(12-28)10-17(16)26(22)34/h2-3,8-11,14,19,21,29-32H,12-13,28H2,1H3/b3-2-/t14-,19+,21+,27+/m1/s1. The summed E-state index contributed by atoms with van der Waals surface area (Å²) >= 11 is 0. The van der Waals surface area contributed by atoms with E-state index in [0.717, 1.165) is 0 Å². The Balaban J connectivity index is 1.76. The van der Waals surface area contributed by atoms with Gasteiger partial charge in [-0.25, -0.2) is 0 Å². The Morgan fingerprint density at radius 2 is 1.83 bits per heavy atom. The molecule has 1 fully saturated rings. The summed E-state index contributed by atoms with van der Waals surface area (Å²) in [5.74, 6) is 9.62. The van der Waals surface area contributed by atoms with Crippen molar-refractivity contribution in [1.82, 2.24) is 0 Å². The first-order chi connectivity index (χ1) is 16.8. The molecule has 0 bridgehead atoms. The Morgan fingerprint density at radius 3 is 2.49 bits per heavy atom. The largest absolute Gasteiger partial charge is 0.507 e. The van der Waals surface area contributed by atoms with Crippen LogP contribution in [-0.4, -0.2) is 51.2 Å². The smallest absolute Gasteiger partial charge is 0.198 e. The number of aliphatic hydroxyl groups excluding tert-OH is 2. The highest BCUT2D eigenvalue weighted by Crippen LogP contribution is 2.44. The molecule has 2 heterocycles. The highest BCUT2D eigenvalue weighted by atomic mass is 16.6. The van der Waals surface area contributed by atoms with Crippen molar-refractivity contribution in [3.63, 3.8) is 0 Å². The molecule has 5 rings (SSSR count). The monoisotopic (exact) mass is 470 g/mol. The second kappa shape index (κ2) is 8.38. The number of phenols is 1. The minimum atomic E-state index is -1.40. The van der Waals surface area contributed by atoms with Crippen LogP contribution in [0, 0.1) is 23.7 Å². The minimum absolute atomic E-state index is 0.0976. The predicted octanol–water partition coefficient (Wildman–Crippen LogP) is 1.17. The normalized spacial score (nSPS) is 25.7. The predicted molar refractivity (Wildman–Crippen MR) is 127 cm³/mol. The molecular formula is C27H22N2O6. The number of benzene rings is 2. The van der Waals surface area contributed by atoms with Crippen molar-refractivity contribution in [1.29, 1.82) is 0 Å². The van der Waals surface area contributed by atoms with Crippen LogP contribution in [0.15, 0.2) is 36.4 Å². The number of aromatic hydroxyl groups is 1. The van der Waals surface area contributed by atoms with Gasteiger partial charge in [-0.2, -0.15) is 0 Å². The molecule has 0 aromatic heterocycles. The number of aliphatic hydroxyl groups is 2. The minimum Gasteiger partial charge on any atom is -0.507 e. The lowest BCUT2D eigenvalue weighted by molar-refractivity contribution is 0.0868. The summed E-state index contributed by atoms with van der Waals surface area (Å²) in [7, 11) is 0. The number of ether oxygens (including phenoxy) is 1. The molecule has 176 valence electrons. The molecule has 2 aromatic rings. The number of carbonyl (C=O) groups is 2. The number of phenolic OH excluding ortho intramolecular Hbond substituents is 1. The van der Waals surface area contributed by atoms with E-state index in [-0.39, 0.29) is 46.7 Å². The van der Waals surface area contributed by atoms with Gasteiger partial charge in [-0.3, -0.25) is 9.59 Å². The van der Waals surface area contributed by atoms with Gasteiger partial charge in [0.25, 0.3) is 0 Å². The van der Waals surface area contributed by atoms with Gasteiger partial charge in [0, 0.05) is 23.2 Å². The third-order valence-electron chi connectivity index (χ3n) is 6.55. The van der Waals surface area contributed by atoms with E-state index in [1.807, 2.05) is 0 Å². The molecule has 0 unspecified atom stereocenters. The van der Waals surface area contributed by atoms with E-state index >= 15 is 0 Å². The maximum atomic E-state index is 13.7. The second-order valence-corrected chi connectivity index (χ2v) is 8.66. The van der Waals surface area contributed by atoms with Gasteiger partial charge < -0.3 is 31.1 Å². The zero-order chi connectivity index (χ0) is 24.9. The van der Waals surface area contributed by atoms with Crippen molar-refractivity contribution in [3.8, 4) is 29.4 Å². The first kappa shape index (κ1) is 22.9. The third-order valence-corrected chi connectivity index (χ3v) is 6.55. The number of hydrogen-bond acceptors (Lipinski definition) is 8. The number of ketones is 2. The molecule has 8 heteroatoms. The highest BCUT2D eigenvalue weighted by molar-refractivity contribution is 6.31. The van der Waals surface area contributed by atoms with Crippen molar-refractivity contribution >= 4 is 17.3 Å². The number of nitrogens with one attached hydrogen (secondary N) is 1. The van der Waals surface area contributed by atoms with Crippen LogP contribution >= 0.6 is 0 Å². The zero-order valence-corrected chi connectivity index (χ0v) is 18.8. The lowest BCUT2D eigenvalue weighted by Crippen LogP contribution is -2.44. The lowest BCUT2D eigenvalue weighted by atomic mass is 9.80. The molecule has 2 aromatic carbocycles. The maximum Gasteiger partial charge on any atom is 0.198 e. The maximum absolute atomic E-state index is 13.7. The molecule has 35 heavy (non-hydrogen) atoms. The summed E-state index contributed by atoms with van der Waals surface area (Å²) in [6.07, 6.45) is 0.645. The first-order valence-corrected chi connectivity index (χ1v) is 11.0.